The van der Waals surface area contributed by atoms with E-state index in [1.807, 2.05) is 18.2 Å². The standard InChI is InChI=1S/C18H17NO2/c19-13-17(8-4-7-14-5-2-1-3-6-14)15-9-11-16(12-10-15)18(20)21/h1-3,5-6,9-12,17H,4,7-8H2,(H,20,21). The molecule has 2 aromatic rings. The van der Waals surface area contributed by atoms with Crippen molar-refractivity contribution in [3.63, 3.8) is 0 Å². The Balaban J connectivity index is 1.94. The summed E-state index contributed by atoms with van der Waals surface area (Å²) < 4.78 is 0. The van der Waals surface area contributed by atoms with Gasteiger partial charge in [0.05, 0.1) is 17.6 Å². The van der Waals surface area contributed by atoms with Gasteiger partial charge in [-0.05, 0) is 42.5 Å². The summed E-state index contributed by atoms with van der Waals surface area (Å²) in [6.07, 6.45) is 2.66. The molecule has 0 aliphatic heterocycles. The highest BCUT2D eigenvalue weighted by atomic mass is 16.4. The number of aryl methyl sites for hydroxylation is 1. The summed E-state index contributed by atoms with van der Waals surface area (Å²) in [5, 5.41) is 18.2. The van der Waals surface area contributed by atoms with Crippen molar-refractivity contribution in [2.75, 3.05) is 0 Å². The van der Waals surface area contributed by atoms with Crippen LogP contribution in [0, 0.1) is 11.3 Å². The molecule has 0 saturated heterocycles. The molecular weight excluding hydrogens is 262 g/mol. The van der Waals surface area contributed by atoms with Crippen LogP contribution in [0.1, 0.15) is 40.2 Å². The number of carboxylic acids is 1. The van der Waals surface area contributed by atoms with Crippen LogP contribution < -0.4 is 0 Å². The summed E-state index contributed by atoms with van der Waals surface area (Å²) in [7, 11) is 0. The maximum absolute atomic E-state index is 10.8. The van der Waals surface area contributed by atoms with Gasteiger partial charge in [-0.15, -0.1) is 0 Å². The third-order valence-electron chi connectivity index (χ3n) is 3.52. The first kappa shape index (κ1) is 14.8. The molecule has 2 aromatic carbocycles. The zero-order valence-electron chi connectivity index (χ0n) is 11.7. The Morgan fingerprint density at radius 3 is 2.33 bits per heavy atom. The molecule has 0 amide bonds. The zero-order chi connectivity index (χ0) is 15.1. The van der Waals surface area contributed by atoms with E-state index in [9.17, 15) is 10.1 Å². The monoisotopic (exact) mass is 279 g/mol. The maximum Gasteiger partial charge on any atom is 0.335 e. The van der Waals surface area contributed by atoms with Crippen LogP contribution in [0.5, 0.6) is 0 Å². The van der Waals surface area contributed by atoms with Crippen LogP contribution in [0.3, 0.4) is 0 Å². The molecule has 0 heterocycles. The van der Waals surface area contributed by atoms with E-state index in [1.54, 1.807) is 24.3 Å². The van der Waals surface area contributed by atoms with Crippen molar-refractivity contribution in [1.82, 2.24) is 0 Å². The summed E-state index contributed by atoms with van der Waals surface area (Å²) in [4.78, 5) is 10.8. The van der Waals surface area contributed by atoms with Crippen molar-refractivity contribution in [3.05, 3.63) is 71.3 Å². The number of hydrogen-bond acceptors (Lipinski definition) is 2. The fourth-order valence-electron chi connectivity index (χ4n) is 2.32. The number of carbonyl (C=O) groups is 1. The molecule has 2 rings (SSSR count). The van der Waals surface area contributed by atoms with Gasteiger partial charge in [0.1, 0.15) is 0 Å². The second-order valence-electron chi connectivity index (χ2n) is 4.99. The first-order valence-electron chi connectivity index (χ1n) is 6.97. The number of carboxylic acid groups (broad SMARTS) is 1. The fourth-order valence-corrected chi connectivity index (χ4v) is 2.32. The van der Waals surface area contributed by atoms with Crippen molar-refractivity contribution in [2.45, 2.75) is 25.2 Å². The van der Waals surface area contributed by atoms with E-state index in [4.69, 9.17) is 5.11 Å². The van der Waals surface area contributed by atoms with Gasteiger partial charge in [0.15, 0.2) is 0 Å². The third kappa shape index (κ3) is 4.19. The minimum atomic E-state index is -0.945. The highest BCUT2D eigenvalue weighted by Gasteiger charge is 2.11. The average Bonchev–Trinajstić information content (AvgIpc) is 2.53. The van der Waals surface area contributed by atoms with Crippen LogP contribution in [0.25, 0.3) is 0 Å². The molecule has 106 valence electrons. The Hall–Kier alpha value is -2.60. The SMILES string of the molecule is N#CC(CCCc1ccccc1)c1ccc(C(=O)O)cc1. The maximum atomic E-state index is 10.8. The molecule has 0 radical (unpaired) electrons. The Kier molecular flexibility index (Phi) is 5.11. The van der Waals surface area contributed by atoms with Crippen molar-refractivity contribution < 1.29 is 9.90 Å². The summed E-state index contributed by atoms with van der Waals surface area (Å²) in [6, 6.07) is 19.1. The quantitative estimate of drug-likeness (QED) is 0.868. The lowest BCUT2D eigenvalue weighted by Gasteiger charge is -2.09. The van der Waals surface area contributed by atoms with Crippen molar-refractivity contribution in [2.24, 2.45) is 0 Å². The Morgan fingerprint density at radius 1 is 1.10 bits per heavy atom. The third-order valence-corrected chi connectivity index (χ3v) is 3.52. The van der Waals surface area contributed by atoms with E-state index >= 15 is 0 Å². The summed E-state index contributed by atoms with van der Waals surface area (Å²) in [5.41, 5.74) is 2.41. The topological polar surface area (TPSA) is 61.1 Å². The molecule has 1 atom stereocenters. The van der Waals surface area contributed by atoms with Gasteiger partial charge in [-0.25, -0.2) is 4.79 Å². The van der Waals surface area contributed by atoms with Gasteiger partial charge in [0.25, 0.3) is 0 Å². The number of rotatable bonds is 6. The van der Waals surface area contributed by atoms with E-state index in [-0.39, 0.29) is 11.5 Å². The Labute approximate surface area is 124 Å². The summed E-state index contributed by atoms with van der Waals surface area (Å²) >= 11 is 0. The molecule has 0 spiro atoms. The molecule has 0 aliphatic rings. The van der Waals surface area contributed by atoms with Crippen molar-refractivity contribution in [3.8, 4) is 6.07 Å². The molecule has 0 saturated carbocycles. The molecule has 1 unspecified atom stereocenters. The molecule has 21 heavy (non-hydrogen) atoms. The number of hydrogen-bond donors (Lipinski definition) is 1. The molecule has 0 aromatic heterocycles. The lowest BCUT2D eigenvalue weighted by molar-refractivity contribution is 0.0697. The van der Waals surface area contributed by atoms with Crippen molar-refractivity contribution >= 4 is 5.97 Å². The van der Waals surface area contributed by atoms with Gasteiger partial charge in [-0.3, -0.25) is 0 Å². The summed E-state index contributed by atoms with van der Waals surface area (Å²) in [6.45, 7) is 0. The lowest BCUT2D eigenvalue weighted by atomic mass is 9.93. The Bertz CT molecular complexity index is 627. The Morgan fingerprint density at radius 2 is 1.76 bits per heavy atom. The first-order valence-corrected chi connectivity index (χ1v) is 6.97. The van der Waals surface area contributed by atoms with Gasteiger partial charge < -0.3 is 5.11 Å². The molecule has 0 fully saturated rings. The number of aromatic carboxylic acids is 1. The van der Waals surface area contributed by atoms with Gasteiger partial charge in [-0.1, -0.05) is 42.5 Å². The number of nitriles is 1. The van der Waals surface area contributed by atoms with E-state index in [0.29, 0.717) is 0 Å². The minimum absolute atomic E-state index is 0.184. The van der Waals surface area contributed by atoms with Gasteiger partial charge in [0, 0.05) is 0 Å². The molecule has 0 bridgehead atoms. The molecule has 3 heteroatoms. The lowest BCUT2D eigenvalue weighted by Crippen LogP contribution is -2.00. The smallest absolute Gasteiger partial charge is 0.335 e. The highest BCUT2D eigenvalue weighted by molar-refractivity contribution is 5.87. The predicted molar refractivity (Wildman–Crippen MR) is 81.1 cm³/mol. The van der Waals surface area contributed by atoms with E-state index < -0.39 is 5.97 Å². The molecule has 1 N–H and O–H groups in total. The second-order valence-corrected chi connectivity index (χ2v) is 4.99. The van der Waals surface area contributed by atoms with Crippen LogP contribution in [-0.4, -0.2) is 11.1 Å². The van der Waals surface area contributed by atoms with Gasteiger partial charge >= 0.3 is 5.97 Å². The average molecular weight is 279 g/mol. The van der Waals surface area contributed by atoms with Crippen LogP contribution in [0.2, 0.25) is 0 Å². The van der Waals surface area contributed by atoms with E-state index in [1.165, 1.54) is 5.56 Å². The van der Waals surface area contributed by atoms with Crippen LogP contribution >= 0.6 is 0 Å². The minimum Gasteiger partial charge on any atom is -0.478 e. The van der Waals surface area contributed by atoms with Gasteiger partial charge in [0.2, 0.25) is 0 Å². The van der Waals surface area contributed by atoms with Gasteiger partial charge in [-0.2, -0.15) is 5.26 Å². The fraction of sp³-hybridized carbons (Fsp3) is 0.222. The number of benzene rings is 2. The van der Waals surface area contributed by atoms with Crippen LogP contribution in [-0.2, 0) is 6.42 Å². The molecule has 3 nitrogen and oxygen atoms in total. The second kappa shape index (κ2) is 7.25. The first-order chi connectivity index (χ1) is 10.2. The summed E-state index contributed by atoms with van der Waals surface area (Å²) in [5.74, 6) is -1.13. The van der Waals surface area contributed by atoms with E-state index in [2.05, 4.69) is 18.2 Å². The zero-order valence-corrected chi connectivity index (χ0v) is 11.7. The van der Waals surface area contributed by atoms with Crippen LogP contribution in [0.15, 0.2) is 54.6 Å². The predicted octanol–water partition coefficient (Wildman–Crippen LogP) is 4.01. The molecule has 0 aliphatic carbocycles. The number of nitrogens with zero attached hydrogens (tertiary/aromatic N) is 1. The van der Waals surface area contributed by atoms with Crippen LogP contribution in [0.4, 0.5) is 0 Å². The van der Waals surface area contributed by atoms with Crippen molar-refractivity contribution in [1.29, 1.82) is 5.26 Å². The van der Waals surface area contributed by atoms with E-state index in [0.717, 1.165) is 24.8 Å². The highest BCUT2D eigenvalue weighted by Crippen LogP contribution is 2.22. The normalized spacial score (nSPS) is 11.6. The molecular formula is C18H17NO2. The largest absolute Gasteiger partial charge is 0.478 e.